The Hall–Kier alpha value is -1.56. The maximum Gasteiger partial charge on any atom is 0.227 e. The van der Waals surface area contributed by atoms with Crippen LogP contribution >= 0.6 is 35.0 Å². The van der Waals surface area contributed by atoms with Crippen molar-refractivity contribution >= 4 is 51.1 Å². The first kappa shape index (κ1) is 15.3. The minimum atomic E-state index is -0.162. The Morgan fingerprint density at radius 3 is 2.59 bits per heavy atom. The minimum Gasteiger partial charge on any atom is -0.281 e. The number of halogens is 2. The maximum atomic E-state index is 12.5. The van der Waals surface area contributed by atoms with Gasteiger partial charge in [0.25, 0.3) is 0 Å². The van der Waals surface area contributed by atoms with Crippen molar-refractivity contribution in [3.63, 3.8) is 0 Å². The third kappa shape index (κ3) is 2.72. The number of aromatic nitrogens is 3. The molecule has 3 aromatic rings. The number of hydrogen-bond acceptors (Lipinski definition) is 4. The van der Waals surface area contributed by atoms with Crippen LogP contribution in [0.2, 0.25) is 10.0 Å². The lowest BCUT2D eigenvalue weighted by Gasteiger charge is -2.05. The molecule has 0 radical (unpaired) electrons. The van der Waals surface area contributed by atoms with E-state index in [2.05, 4.69) is 10.1 Å². The van der Waals surface area contributed by atoms with Crippen LogP contribution in [0.4, 0.5) is 0 Å². The van der Waals surface area contributed by atoms with E-state index in [9.17, 15) is 4.79 Å². The van der Waals surface area contributed by atoms with E-state index >= 15 is 0 Å². The van der Waals surface area contributed by atoms with E-state index < -0.39 is 0 Å². The molecule has 0 aliphatic heterocycles. The van der Waals surface area contributed by atoms with Crippen LogP contribution in [0.15, 0.2) is 35.4 Å². The second-order valence-electron chi connectivity index (χ2n) is 4.74. The Bertz CT molecular complexity index is 875. The number of rotatable bonds is 2. The second kappa shape index (κ2) is 5.91. The zero-order chi connectivity index (χ0) is 15.9. The lowest BCUT2D eigenvalue weighted by Crippen LogP contribution is -1.98. The topological polar surface area (TPSA) is 47.8 Å². The average Bonchev–Trinajstić information content (AvgIpc) is 2.77. The highest BCUT2D eigenvalue weighted by molar-refractivity contribution is 8.14. The Morgan fingerprint density at radius 2 is 1.91 bits per heavy atom. The zero-order valence-corrected chi connectivity index (χ0v) is 14.1. The van der Waals surface area contributed by atoms with E-state index in [0.717, 1.165) is 22.4 Å². The number of carbonyl (C=O) groups excluding carboxylic acids is 1. The van der Waals surface area contributed by atoms with Crippen molar-refractivity contribution in [3.8, 4) is 0 Å². The molecule has 3 rings (SSSR count). The van der Waals surface area contributed by atoms with Gasteiger partial charge in [-0.2, -0.15) is 5.10 Å². The molecule has 1 aromatic carbocycles. The normalized spacial score (nSPS) is 11.1. The van der Waals surface area contributed by atoms with Gasteiger partial charge < -0.3 is 0 Å². The molecule has 0 amide bonds. The minimum absolute atomic E-state index is 0.162. The van der Waals surface area contributed by atoms with Crippen LogP contribution in [0.25, 0.3) is 11.0 Å². The monoisotopic (exact) mass is 351 g/mol. The van der Waals surface area contributed by atoms with E-state index in [1.807, 2.05) is 6.92 Å². The van der Waals surface area contributed by atoms with Gasteiger partial charge in [0.15, 0.2) is 5.65 Å². The van der Waals surface area contributed by atoms with Crippen molar-refractivity contribution in [2.75, 3.05) is 0 Å². The van der Waals surface area contributed by atoms with Gasteiger partial charge in [0.2, 0.25) is 5.12 Å². The molecule has 4 nitrogen and oxygen atoms in total. The van der Waals surface area contributed by atoms with Crippen LogP contribution < -0.4 is 0 Å². The Morgan fingerprint density at radius 1 is 1.23 bits per heavy atom. The van der Waals surface area contributed by atoms with Crippen molar-refractivity contribution in [2.24, 2.45) is 7.05 Å². The van der Waals surface area contributed by atoms with Gasteiger partial charge in [0.05, 0.1) is 21.7 Å². The Balaban J connectivity index is 1.99. The molecule has 0 spiro atoms. The van der Waals surface area contributed by atoms with Crippen molar-refractivity contribution < 1.29 is 4.79 Å². The van der Waals surface area contributed by atoms with Crippen LogP contribution in [0.3, 0.4) is 0 Å². The fraction of sp³-hybridized carbons (Fsp3) is 0.133. The molecule has 22 heavy (non-hydrogen) atoms. The highest BCUT2D eigenvalue weighted by Crippen LogP contribution is 2.32. The number of thioether (sulfide) groups is 1. The summed E-state index contributed by atoms with van der Waals surface area (Å²) >= 11 is 13.3. The largest absolute Gasteiger partial charge is 0.281 e. The number of fused-ring (bicyclic) bond motifs is 1. The predicted octanol–water partition coefficient (Wildman–Crippen LogP) is 4.52. The summed E-state index contributed by atoms with van der Waals surface area (Å²) in [4.78, 5) is 17.6. The van der Waals surface area contributed by atoms with Gasteiger partial charge in [-0.25, -0.2) is 4.98 Å². The zero-order valence-electron chi connectivity index (χ0n) is 11.8. The average molecular weight is 352 g/mol. The summed E-state index contributed by atoms with van der Waals surface area (Å²) in [5.41, 5.74) is 1.79. The molecule has 0 aliphatic rings. The SMILES string of the molecule is Cc1nn(C)c2ncc(C(=O)Sc3ccc(Cl)cc3)c(Cl)c12. The molecular weight excluding hydrogens is 341 g/mol. The maximum absolute atomic E-state index is 12.5. The molecule has 0 bridgehead atoms. The lowest BCUT2D eigenvalue weighted by molar-refractivity contribution is 0.108. The van der Waals surface area contributed by atoms with Crippen molar-refractivity contribution in [1.29, 1.82) is 0 Å². The molecule has 112 valence electrons. The Kier molecular flexibility index (Phi) is 4.12. The summed E-state index contributed by atoms with van der Waals surface area (Å²) in [6.07, 6.45) is 1.50. The van der Waals surface area contributed by atoms with E-state index in [1.54, 1.807) is 36.0 Å². The van der Waals surface area contributed by atoms with Crippen LogP contribution in [-0.2, 0) is 7.05 Å². The molecule has 0 fully saturated rings. The summed E-state index contributed by atoms with van der Waals surface area (Å²) in [5.74, 6) is 0. The predicted molar refractivity (Wildman–Crippen MR) is 89.9 cm³/mol. The molecule has 0 aliphatic carbocycles. The number of carbonyl (C=O) groups is 1. The number of benzene rings is 1. The standard InChI is InChI=1S/C15H11Cl2N3OS/c1-8-12-13(17)11(7-18-14(12)20(2)19-8)15(21)22-10-5-3-9(16)4-6-10/h3-7H,1-2H3. The van der Waals surface area contributed by atoms with E-state index in [1.165, 1.54) is 6.20 Å². The molecule has 0 unspecified atom stereocenters. The van der Waals surface area contributed by atoms with Crippen LogP contribution in [-0.4, -0.2) is 19.9 Å². The Labute approximate surface area is 141 Å². The van der Waals surface area contributed by atoms with Crippen LogP contribution in [0.1, 0.15) is 16.1 Å². The molecule has 0 saturated heterocycles. The number of hydrogen-bond donors (Lipinski definition) is 0. The first-order valence-electron chi connectivity index (χ1n) is 6.43. The third-order valence-corrected chi connectivity index (χ3v) is 4.77. The molecule has 0 atom stereocenters. The number of aryl methyl sites for hydroxylation is 2. The number of nitrogens with zero attached hydrogens (tertiary/aromatic N) is 3. The summed E-state index contributed by atoms with van der Waals surface area (Å²) in [7, 11) is 1.79. The molecule has 0 N–H and O–H groups in total. The smallest absolute Gasteiger partial charge is 0.227 e. The first-order valence-corrected chi connectivity index (χ1v) is 8.00. The van der Waals surface area contributed by atoms with Gasteiger partial charge >= 0.3 is 0 Å². The van der Waals surface area contributed by atoms with Crippen LogP contribution in [0, 0.1) is 6.92 Å². The second-order valence-corrected chi connectivity index (χ2v) is 6.60. The van der Waals surface area contributed by atoms with Crippen LogP contribution in [0.5, 0.6) is 0 Å². The van der Waals surface area contributed by atoms with E-state index in [-0.39, 0.29) is 5.12 Å². The third-order valence-electron chi connectivity index (χ3n) is 3.21. The van der Waals surface area contributed by atoms with Gasteiger partial charge in [-0.05, 0) is 43.0 Å². The lowest BCUT2D eigenvalue weighted by atomic mass is 10.2. The highest BCUT2D eigenvalue weighted by atomic mass is 35.5. The van der Waals surface area contributed by atoms with Crippen molar-refractivity contribution in [1.82, 2.24) is 14.8 Å². The molecule has 2 heterocycles. The van der Waals surface area contributed by atoms with Crippen molar-refractivity contribution in [2.45, 2.75) is 11.8 Å². The fourth-order valence-electron chi connectivity index (χ4n) is 2.18. The van der Waals surface area contributed by atoms with Gasteiger partial charge in [-0.15, -0.1) is 0 Å². The highest BCUT2D eigenvalue weighted by Gasteiger charge is 2.19. The van der Waals surface area contributed by atoms with Crippen molar-refractivity contribution in [3.05, 3.63) is 51.8 Å². The fourth-order valence-corrected chi connectivity index (χ4v) is 3.46. The first-order chi connectivity index (χ1) is 10.5. The molecule has 7 heteroatoms. The summed E-state index contributed by atoms with van der Waals surface area (Å²) in [6.45, 7) is 1.84. The number of pyridine rings is 1. The van der Waals surface area contributed by atoms with Gasteiger partial charge in [-0.1, -0.05) is 23.2 Å². The van der Waals surface area contributed by atoms with Gasteiger partial charge in [0, 0.05) is 23.2 Å². The quantitative estimate of drug-likeness (QED) is 0.637. The molecular formula is C15H11Cl2N3OS. The summed E-state index contributed by atoms with van der Waals surface area (Å²) < 4.78 is 1.65. The molecule has 0 saturated carbocycles. The van der Waals surface area contributed by atoms with E-state index in [0.29, 0.717) is 26.6 Å². The van der Waals surface area contributed by atoms with Gasteiger partial charge in [-0.3, -0.25) is 9.48 Å². The van der Waals surface area contributed by atoms with E-state index in [4.69, 9.17) is 23.2 Å². The summed E-state index contributed by atoms with van der Waals surface area (Å²) in [5, 5.41) is 5.85. The molecule has 2 aromatic heterocycles. The summed E-state index contributed by atoms with van der Waals surface area (Å²) in [6, 6.07) is 7.07. The van der Waals surface area contributed by atoms with Gasteiger partial charge in [0.1, 0.15) is 0 Å².